The molecule has 2 aromatic rings. The molecule has 1 heterocycles. The van der Waals surface area contributed by atoms with Crippen LogP contribution < -0.4 is 10.5 Å². The minimum Gasteiger partial charge on any atom is -0.485 e. The molecule has 0 bridgehead atoms. The van der Waals surface area contributed by atoms with E-state index in [-0.39, 0.29) is 0 Å². The molecule has 19 heavy (non-hydrogen) atoms. The van der Waals surface area contributed by atoms with Crippen molar-refractivity contribution in [2.24, 2.45) is 5.73 Å². The van der Waals surface area contributed by atoms with Gasteiger partial charge in [-0.05, 0) is 19.1 Å². The number of benzene rings is 1. The van der Waals surface area contributed by atoms with Crippen LogP contribution in [0.4, 0.5) is 0 Å². The van der Waals surface area contributed by atoms with E-state index in [0.717, 1.165) is 17.8 Å². The Bertz CT molecular complexity index is 569. The Morgan fingerprint density at radius 2 is 2.16 bits per heavy atom. The number of aromatic nitrogens is 2. The normalized spacial score (nSPS) is 10.7. The zero-order valence-electron chi connectivity index (χ0n) is 10.6. The summed E-state index contributed by atoms with van der Waals surface area (Å²) in [6, 6.07) is 3.41. The minimum absolute atomic E-state index is 0.322. The van der Waals surface area contributed by atoms with Gasteiger partial charge in [0.1, 0.15) is 12.4 Å². The van der Waals surface area contributed by atoms with Crippen LogP contribution in [0.1, 0.15) is 18.2 Å². The number of halogens is 2. The van der Waals surface area contributed by atoms with Crippen LogP contribution in [0.25, 0.3) is 0 Å². The maximum absolute atomic E-state index is 6.14. The van der Waals surface area contributed by atoms with E-state index in [2.05, 4.69) is 4.98 Å². The van der Waals surface area contributed by atoms with E-state index >= 15 is 0 Å². The van der Waals surface area contributed by atoms with Gasteiger partial charge in [0.15, 0.2) is 0 Å². The van der Waals surface area contributed by atoms with Crippen LogP contribution >= 0.6 is 23.2 Å². The fraction of sp³-hybridized carbons (Fsp3) is 0.308. The lowest BCUT2D eigenvalue weighted by Crippen LogP contribution is -2.07. The van der Waals surface area contributed by atoms with Crippen molar-refractivity contribution in [1.29, 1.82) is 0 Å². The van der Waals surface area contributed by atoms with Crippen molar-refractivity contribution < 1.29 is 4.74 Å². The van der Waals surface area contributed by atoms with E-state index in [1.807, 2.05) is 11.5 Å². The Labute approximate surface area is 122 Å². The summed E-state index contributed by atoms with van der Waals surface area (Å²) in [5, 5.41) is 1.02. The van der Waals surface area contributed by atoms with Crippen LogP contribution in [0.2, 0.25) is 10.0 Å². The molecule has 4 nitrogen and oxygen atoms in total. The van der Waals surface area contributed by atoms with Gasteiger partial charge in [-0.1, -0.05) is 23.2 Å². The van der Waals surface area contributed by atoms with Crippen LogP contribution in [-0.2, 0) is 19.7 Å². The highest BCUT2D eigenvalue weighted by molar-refractivity contribution is 6.35. The number of ether oxygens (including phenoxy) is 1. The first-order valence-corrected chi connectivity index (χ1v) is 6.71. The van der Waals surface area contributed by atoms with Crippen molar-refractivity contribution in [2.75, 3.05) is 0 Å². The summed E-state index contributed by atoms with van der Waals surface area (Å²) in [4.78, 5) is 4.09. The molecule has 2 N–H and O–H groups in total. The smallest absolute Gasteiger partial charge is 0.143 e. The van der Waals surface area contributed by atoms with Crippen LogP contribution in [0.5, 0.6) is 5.75 Å². The summed E-state index contributed by atoms with van der Waals surface area (Å²) in [5.41, 5.74) is 7.45. The Kier molecular flexibility index (Phi) is 4.69. The van der Waals surface area contributed by atoms with Crippen molar-refractivity contribution >= 4 is 23.2 Å². The third-order valence-electron chi connectivity index (χ3n) is 2.81. The lowest BCUT2D eigenvalue weighted by molar-refractivity contribution is 0.292. The number of hydrogen-bond acceptors (Lipinski definition) is 3. The average Bonchev–Trinajstić information content (AvgIpc) is 2.84. The monoisotopic (exact) mass is 299 g/mol. The Morgan fingerprint density at radius 1 is 1.37 bits per heavy atom. The van der Waals surface area contributed by atoms with Crippen LogP contribution in [0, 0.1) is 0 Å². The third kappa shape index (κ3) is 3.21. The average molecular weight is 300 g/mol. The summed E-state index contributed by atoms with van der Waals surface area (Å²) in [7, 11) is 0. The second-order valence-corrected chi connectivity index (χ2v) is 4.88. The fourth-order valence-electron chi connectivity index (χ4n) is 1.83. The maximum Gasteiger partial charge on any atom is 0.143 e. The van der Waals surface area contributed by atoms with Gasteiger partial charge in [-0.15, -0.1) is 0 Å². The minimum atomic E-state index is 0.322. The van der Waals surface area contributed by atoms with Crippen molar-refractivity contribution in [3.63, 3.8) is 0 Å². The molecular formula is C13H15Cl2N3O. The Hall–Kier alpha value is -1.23. The zero-order chi connectivity index (χ0) is 13.8. The number of aryl methyl sites for hydroxylation is 1. The summed E-state index contributed by atoms with van der Waals surface area (Å²) < 4.78 is 7.78. The predicted octanol–water partition coefficient (Wildman–Crippen LogP) is 3.25. The van der Waals surface area contributed by atoms with Crippen molar-refractivity contribution in [1.82, 2.24) is 9.55 Å². The SMILES string of the molecule is CCn1cncc1COc1c(Cl)cc(Cl)cc1CN. The summed E-state index contributed by atoms with van der Waals surface area (Å²) >= 11 is 12.1. The lowest BCUT2D eigenvalue weighted by atomic mass is 10.2. The van der Waals surface area contributed by atoms with Crippen molar-refractivity contribution in [3.8, 4) is 5.75 Å². The highest BCUT2D eigenvalue weighted by atomic mass is 35.5. The number of nitrogens with zero attached hydrogens (tertiary/aromatic N) is 2. The van der Waals surface area contributed by atoms with Gasteiger partial charge in [-0.3, -0.25) is 0 Å². The van der Waals surface area contributed by atoms with Crippen molar-refractivity contribution in [2.45, 2.75) is 26.6 Å². The van der Waals surface area contributed by atoms with Gasteiger partial charge >= 0.3 is 0 Å². The molecule has 0 aliphatic carbocycles. The molecule has 0 fully saturated rings. The van der Waals surface area contributed by atoms with Gasteiger partial charge in [-0.25, -0.2) is 4.98 Å². The summed E-state index contributed by atoms with van der Waals surface area (Å²) in [5.74, 6) is 0.581. The molecule has 0 aliphatic rings. The topological polar surface area (TPSA) is 53.1 Å². The van der Waals surface area contributed by atoms with Crippen LogP contribution in [0.3, 0.4) is 0 Å². The second kappa shape index (κ2) is 6.28. The molecule has 0 amide bonds. The first-order valence-electron chi connectivity index (χ1n) is 5.95. The van der Waals surface area contributed by atoms with Gasteiger partial charge in [0, 0.05) is 23.7 Å². The predicted molar refractivity (Wildman–Crippen MR) is 76.6 cm³/mol. The molecule has 0 saturated carbocycles. The molecule has 6 heteroatoms. The van der Waals surface area contributed by atoms with E-state index < -0.39 is 0 Å². The molecule has 0 atom stereocenters. The lowest BCUT2D eigenvalue weighted by Gasteiger charge is -2.13. The quantitative estimate of drug-likeness (QED) is 0.922. The number of rotatable bonds is 5. The molecule has 102 valence electrons. The molecule has 1 aromatic carbocycles. The van der Waals surface area contributed by atoms with E-state index in [4.69, 9.17) is 33.7 Å². The molecule has 1 aromatic heterocycles. The van der Waals surface area contributed by atoms with E-state index in [1.54, 1.807) is 24.7 Å². The molecule has 0 saturated heterocycles. The molecule has 0 radical (unpaired) electrons. The largest absolute Gasteiger partial charge is 0.485 e. The molecule has 0 unspecified atom stereocenters. The van der Waals surface area contributed by atoms with Gasteiger partial charge < -0.3 is 15.0 Å². The number of nitrogens with two attached hydrogens (primary N) is 1. The Morgan fingerprint density at radius 3 is 2.84 bits per heavy atom. The highest BCUT2D eigenvalue weighted by Crippen LogP contribution is 2.32. The summed E-state index contributed by atoms with van der Waals surface area (Å²) in [6.45, 7) is 3.60. The number of imidazole rings is 1. The highest BCUT2D eigenvalue weighted by Gasteiger charge is 2.11. The van der Waals surface area contributed by atoms with Crippen molar-refractivity contribution in [3.05, 3.63) is 46.0 Å². The van der Waals surface area contributed by atoms with Gasteiger partial charge in [0.2, 0.25) is 0 Å². The second-order valence-electron chi connectivity index (χ2n) is 4.04. The molecule has 0 aliphatic heterocycles. The first-order chi connectivity index (χ1) is 9.15. The van der Waals surface area contributed by atoms with Gasteiger partial charge in [0.05, 0.1) is 23.2 Å². The first kappa shape index (κ1) is 14.2. The molecule has 2 rings (SSSR count). The maximum atomic E-state index is 6.14. The van der Waals surface area contributed by atoms with Gasteiger partial charge in [-0.2, -0.15) is 0 Å². The summed E-state index contributed by atoms with van der Waals surface area (Å²) in [6.07, 6.45) is 3.54. The number of hydrogen-bond donors (Lipinski definition) is 1. The standard InChI is InChI=1S/C13H15Cl2N3O/c1-2-18-8-17-6-11(18)7-19-13-9(5-16)3-10(14)4-12(13)15/h3-4,6,8H,2,5,7,16H2,1H3. The van der Waals surface area contributed by atoms with E-state index in [1.165, 1.54) is 0 Å². The zero-order valence-corrected chi connectivity index (χ0v) is 12.1. The van der Waals surface area contributed by atoms with E-state index in [9.17, 15) is 0 Å². The van der Waals surface area contributed by atoms with E-state index in [0.29, 0.717) is 28.9 Å². The van der Waals surface area contributed by atoms with Gasteiger partial charge in [0.25, 0.3) is 0 Å². The van der Waals surface area contributed by atoms with Crippen LogP contribution in [0.15, 0.2) is 24.7 Å². The Balaban J connectivity index is 2.20. The molecular weight excluding hydrogens is 285 g/mol. The third-order valence-corrected chi connectivity index (χ3v) is 3.31. The molecule has 0 spiro atoms. The van der Waals surface area contributed by atoms with Crippen LogP contribution in [-0.4, -0.2) is 9.55 Å². The fourth-order valence-corrected chi connectivity index (χ4v) is 2.42.